The van der Waals surface area contributed by atoms with Crippen LogP contribution in [0.15, 0.2) is 109 Å². The van der Waals surface area contributed by atoms with Crippen LogP contribution in [0.25, 0.3) is 21.2 Å². The van der Waals surface area contributed by atoms with Gasteiger partial charge < -0.3 is 9.80 Å². The smallest absolute Gasteiger partial charge is 0.210 e. The number of hydrogen-bond acceptors (Lipinski definition) is 3. The summed E-state index contributed by atoms with van der Waals surface area (Å²) in [5, 5.41) is 1.34. The molecule has 0 atom stereocenters. The van der Waals surface area contributed by atoms with Crippen molar-refractivity contribution < 1.29 is 0 Å². The maximum absolute atomic E-state index is 2.68. The van der Waals surface area contributed by atoms with Crippen LogP contribution >= 0.6 is 11.3 Å². The molecule has 2 bridgehead atoms. The number of aryl methyl sites for hydroxylation is 2. The van der Waals surface area contributed by atoms with Crippen LogP contribution in [0.2, 0.25) is 0 Å². The molecule has 0 saturated heterocycles. The van der Waals surface area contributed by atoms with E-state index in [1.807, 2.05) is 11.3 Å². The van der Waals surface area contributed by atoms with E-state index < -0.39 is 0 Å². The summed E-state index contributed by atoms with van der Waals surface area (Å²) in [6, 6.07) is 42.9. The van der Waals surface area contributed by atoms with Gasteiger partial charge in [-0.2, -0.15) is 0 Å². The molecule has 65 heavy (non-hydrogen) atoms. The summed E-state index contributed by atoms with van der Waals surface area (Å²) in [7, 11) is 2.58. The molecule has 0 fully saturated rings. The van der Waals surface area contributed by atoms with Gasteiger partial charge in [-0.3, -0.25) is 0 Å². The Hall–Kier alpha value is -5.06. The van der Waals surface area contributed by atoms with Crippen molar-refractivity contribution in [3.8, 4) is 11.1 Å². The second-order valence-electron chi connectivity index (χ2n) is 23.6. The summed E-state index contributed by atoms with van der Waals surface area (Å²) < 4.78 is 2.65. The molecule has 2 nitrogen and oxygen atoms in total. The number of hydrogen-bond donors (Lipinski definition) is 0. The van der Waals surface area contributed by atoms with E-state index in [1.165, 1.54) is 129 Å². The van der Waals surface area contributed by atoms with Crippen molar-refractivity contribution in [2.24, 2.45) is 0 Å². The van der Waals surface area contributed by atoms with Crippen molar-refractivity contribution in [2.75, 3.05) is 9.80 Å². The zero-order valence-corrected chi connectivity index (χ0v) is 42.4. The molecule has 0 N–H and O–H groups in total. The third-order valence-corrected chi connectivity index (χ3v) is 17.0. The predicted molar refractivity (Wildman–Crippen MR) is 285 cm³/mol. The third kappa shape index (κ3) is 7.29. The van der Waals surface area contributed by atoms with Gasteiger partial charge >= 0.3 is 0 Å². The SMILES string of the molecule is Cc1ccc(-c2ccccc2)c(N2c3cc(C)cc(c3C)N(c3ccc(C(C)(C)C)cc3)c3cc4c(cc3[B]c3sc5cc6c(cc5c32)C(C)(C)CCC6(C)C)C(C)(C)CCC4(C)C)c1. The first-order valence-electron chi connectivity index (χ1n) is 24.2. The molecular weight excluding hydrogens is 804 g/mol. The number of fused-ring (bicyclic) bond motifs is 8. The molecule has 1 aliphatic heterocycles. The largest absolute Gasteiger partial charge is 0.311 e. The maximum atomic E-state index is 2.68. The minimum Gasteiger partial charge on any atom is -0.311 e. The number of anilines is 6. The lowest BCUT2D eigenvalue weighted by Gasteiger charge is -2.44. The van der Waals surface area contributed by atoms with Crippen molar-refractivity contribution in [1.29, 1.82) is 0 Å². The normalized spacial score (nSPS) is 18.0. The van der Waals surface area contributed by atoms with Gasteiger partial charge in [0.1, 0.15) is 0 Å². The van der Waals surface area contributed by atoms with Crippen LogP contribution in [0.5, 0.6) is 0 Å². The van der Waals surface area contributed by atoms with E-state index in [-0.39, 0.29) is 27.1 Å². The molecule has 0 spiro atoms. The quantitative estimate of drug-likeness (QED) is 0.163. The van der Waals surface area contributed by atoms with Gasteiger partial charge in [0, 0.05) is 27.0 Å². The fourth-order valence-electron chi connectivity index (χ4n) is 11.4. The van der Waals surface area contributed by atoms with E-state index in [0.29, 0.717) is 0 Å². The first-order valence-corrected chi connectivity index (χ1v) is 25.0. The number of nitrogens with zero attached hydrogens (tertiary/aromatic N) is 2. The Labute approximate surface area is 395 Å². The van der Waals surface area contributed by atoms with Gasteiger partial charge in [0.25, 0.3) is 0 Å². The van der Waals surface area contributed by atoms with Crippen molar-refractivity contribution in [3.63, 3.8) is 0 Å². The van der Waals surface area contributed by atoms with Crippen LogP contribution in [0.4, 0.5) is 34.1 Å². The summed E-state index contributed by atoms with van der Waals surface area (Å²) in [4.78, 5) is 5.28. The Morgan fingerprint density at radius 2 is 1.06 bits per heavy atom. The molecule has 7 aromatic rings. The molecular formula is C61H68BN2S. The van der Waals surface area contributed by atoms with Crippen LogP contribution in [-0.4, -0.2) is 7.28 Å². The molecule has 3 aliphatic rings. The Balaban J connectivity index is 1.38. The van der Waals surface area contributed by atoms with Crippen molar-refractivity contribution >= 4 is 73.1 Å². The van der Waals surface area contributed by atoms with Crippen molar-refractivity contribution in [1.82, 2.24) is 0 Å². The number of thiophene rings is 1. The first-order chi connectivity index (χ1) is 30.5. The standard InChI is InChI=1S/C61H68BN2S/c1-37-20-25-43(40-18-16-15-17-19-40)52(30-37)64-51-32-38(2)31-50(39(51)3)63(42-23-21-41(22-24-42)57(4,5)6)53-35-47-46(59(9,10)27-28-60(47,11)12)34-49(53)62-56-55(64)44-33-45-48(36-54(44)65-56)61(13,14)29-26-58(45,7)8/h15-25,30-36H,26-29H2,1-14H3. The Morgan fingerprint density at radius 1 is 0.523 bits per heavy atom. The highest BCUT2D eigenvalue weighted by Crippen LogP contribution is 2.54. The minimum absolute atomic E-state index is 0.0427. The predicted octanol–water partition coefficient (Wildman–Crippen LogP) is 16.4. The average Bonchev–Trinajstić information content (AvgIpc) is 3.59. The number of benzene rings is 6. The summed E-state index contributed by atoms with van der Waals surface area (Å²) in [5.41, 5.74) is 22.4. The minimum atomic E-state index is 0.0427. The third-order valence-electron chi connectivity index (χ3n) is 15.9. The molecule has 1 radical (unpaired) electrons. The number of rotatable bonds is 3. The second-order valence-corrected chi connectivity index (χ2v) is 24.7. The van der Waals surface area contributed by atoms with Crippen LogP contribution in [0.1, 0.15) is 146 Å². The fourth-order valence-corrected chi connectivity index (χ4v) is 12.6. The van der Waals surface area contributed by atoms with E-state index in [4.69, 9.17) is 0 Å². The molecule has 1 aromatic heterocycles. The van der Waals surface area contributed by atoms with E-state index in [9.17, 15) is 0 Å². The van der Waals surface area contributed by atoms with Crippen LogP contribution in [-0.2, 0) is 27.1 Å². The monoisotopic (exact) mass is 872 g/mol. The van der Waals surface area contributed by atoms with Crippen LogP contribution < -0.4 is 20.0 Å². The average molecular weight is 872 g/mol. The van der Waals surface area contributed by atoms with E-state index in [0.717, 1.165) is 6.42 Å². The van der Waals surface area contributed by atoms with Gasteiger partial charge in [-0.05, 0) is 177 Å². The maximum Gasteiger partial charge on any atom is 0.210 e. The molecule has 0 amide bonds. The molecule has 10 rings (SSSR count). The molecule has 0 saturated carbocycles. The van der Waals surface area contributed by atoms with Gasteiger partial charge in [0.2, 0.25) is 7.28 Å². The zero-order chi connectivity index (χ0) is 46.2. The molecule has 331 valence electrons. The topological polar surface area (TPSA) is 6.48 Å². The Kier molecular flexibility index (Phi) is 10.1. The first kappa shape index (κ1) is 43.8. The Morgan fingerprint density at radius 3 is 1.66 bits per heavy atom. The second kappa shape index (κ2) is 15.0. The van der Waals surface area contributed by atoms with E-state index >= 15 is 0 Å². The lowest BCUT2D eigenvalue weighted by molar-refractivity contribution is 0.332. The van der Waals surface area contributed by atoms with Crippen molar-refractivity contribution in [2.45, 2.75) is 150 Å². The van der Waals surface area contributed by atoms with Crippen LogP contribution in [0.3, 0.4) is 0 Å². The Bertz CT molecular complexity index is 3030. The zero-order valence-electron chi connectivity index (χ0n) is 41.6. The highest BCUT2D eigenvalue weighted by Gasteiger charge is 2.41. The summed E-state index contributed by atoms with van der Waals surface area (Å²) in [5.74, 6) is 0. The van der Waals surface area contributed by atoms with Gasteiger partial charge in [-0.25, -0.2) is 0 Å². The molecule has 6 aromatic carbocycles. The summed E-state index contributed by atoms with van der Waals surface area (Å²) >= 11 is 1.98. The van der Waals surface area contributed by atoms with Gasteiger partial charge in [0.05, 0.1) is 22.7 Å². The van der Waals surface area contributed by atoms with Crippen LogP contribution in [0, 0.1) is 20.8 Å². The summed E-state index contributed by atoms with van der Waals surface area (Å²) in [6.07, 6.45) is 4.69. The highest BCUT2D eigenvalue weighted by molar-refractivity contribution is 7.29. The highest BCUT2D eigenvalue weighted by atomic mass is 32.1. The van der Waals surface area contributed by atoms with E-state index in [1.54, 1.807) is 0 Å². The molecule has 2 heterocycles. The molecule has 4 heteroatoms. The van der Waals surface area contributed by atoms with E-state index in [2.05, 4.69) is 223 Å². The fraction of sp³-hybridized carbons (Fsp3) is 0.377. The lowest BCUT2D eigenvalue weighted by atomic mass is 9.59. The van der Waals surface area contributed by atoms with Gasteiger partial charge in [-0.1, -0.05) is 142 Å². The molecule has 0 unspecified atom stereocenters. The van der Waals surface area contributed by atoms with Gasteiger partial charge in [0.15, 0.2) is 0 Å². The van der Waals surface area contributed by atoms with Crippen molar-refractivity contribution in [3.05, 3.63) is 154 Å². The molecule has 2 aliphatic carbocycles. The lowest BCUT2D eigenvalue weighted by Crippen LogP contribution is -2.39. The summed E-state index contributed by atoms with van der Waals surface area (Å²) in [6.45, 7) is 33.6. The van der Waals surface area contributed by atoms with Gasteiger partial charge in [-0.15, -0.1) is 11.3 Å².